The summed E-state index contributed by atoms with van der Waals surface area (Å²) < 4.78 is 5.08. The van der Waals surface area contributed by atoms with Crippen LogP contribution in [0.3, 0.4) is 0 Å². The van der Waals surface area contributed by atoms with Crippen LogP contribution in [0.4, 0.5) is 6.01 Å². The summed E-state index contributed by atoms with van der Waals surface area (Å²) in [6, 6.07) is 0.689. The van der Waals surface area contributed by atoms with Gasteiger partial charge >= 0.3 is 6.01 Å². The molecule has 0 saturated heterocycles. The Balaban J connectivity index is 2.20. The fourth-order valence-corrected chi connectivity index (χ4v) is 1.01. The Kier molecular flexibility index (Phi) is 1.20. The molecule has 1 aliphatic rings. The number of anilines is 1. The highest BCUT2D eigenvalue weighted by Crippen LogP contribution is 2.14. The normalized spacial score (nSPS) is 16.6. The maximum Gasteiger partial charge on any atom is 0.301 e. The topological polar surface area (TPSA) is 29.3 Å². The maximum absolute atomic E-state index is 5.08. The van der Waals surface area contributed by atoms with Gasteiger partial charge in [0.15, 0.2) is 0 Å². The van der Waals surface area contributed by atoms with E-state index in [-0.39, 0.29) is 0 Å². The molecule has 52 valence electrons. The summed E-state index contributed by atoms with van der Waals surface area (Å²) in [6.07, 6.45) is 8.42. The summed E-state index contributed by atoms with van der Waals surface area (Å²) in [7, 11) is 0. The largest absolute Gasteiger partial charge is 0.432 e. The number of aromatic nitrogens is 1. The van der Waals surface area contributed by atoms with Crippen molar-refractivity contribution < 1.29 is 4.42 Å². The highest BCUT2D eigenvalue weighted by atomic mass is 16.4. The average molecular weight is 136 g/mol. The van der Waals surface area contributed by atoms with Crippen molar-refractivity contribution >= 4 is 6.01 Å². The minimum Gasteiger partial charge on any atom is -0.432 e. The van der Waals surface area contributed by atoms with Gasteiger partial charge in [0.25, 0.3) is 0 Å². The van der Waals surface area contributed by atoms with Crippen LogP contribution in [0.5, 0.6) is 0 Å². The number of hydrogen-bond donors (Lipinski definition) is 0. The van der Waals surface area contributed by atoms with Crippen LogP contribution in [0, 0.1) is 0 Å². The summed E-state index contributed by atoms with van der Waals surface area (Å²) in [5, 5.41) is 0. The van der Waals surface area contributed by atoms with Crippen LogP contribution in [0.25, 0.3) is 0 Å². The summed E-state index contributed by atoms with van der Waals surface area (Å²) in [5.41, 5.74) is 0. The lowest BCUT2D eigenvalue weighted by molar-refractivity contribution is 0.555. The molecule has 0 spiro atoms. The van der Waals surface area contributed by atoms with E-state index in [2.05, 4.69) is 11.1 Å². The molecule has 0 amide bonds. The molecule has 0 atom stereocenters. The Hall–Kier alpha value is -1.25. The Bertz CT molecular complexity index is 228. The molecule has 0 radical (unpaired) electrons. The van der Waals surface area contributed by atoms with Gasteiger partial charge in [-0.2, -0.15) is 0 Å². The van der Waals surface area contributed by atoms with Crippen LogP contribution >= 0.6 is 0 Å². The third kappa shape index (κ3) is 0.795. The first-order valence-corrected chi connectivity index (χ1v) is 3.29. The third-order valence-corrected chi connectivity index (χ3v) is 1.49. The second kappa shape index (κ2) is 2.17. The Labute approximate surface area is 59.0 Å². The zero-order valence-corrected chi connectivity index (χ0v) is 5.53. The van der Waals surface area contributed by atoms with Crippen LogP contribution in [0.1, 0.15) is 6.42 Å². The smallest absolute Gasteiger partial charge is 0.301 e. The zero-order chi connectivity index (χ0) is 6.81. The van der Waals surface area contributed by atoms with E-state index in [1.807, 2.05) is 11.1 Å². The lowest BCUT2D eigenvalue weighted by Gasteiger charge is -2.07. The standard InChI is InChI=1S/C7H8N2O/c1-2-5-9(4-1)7-8-3-6-10-7/h1,3-4,6H,2,5H2. The molecule has 0 unspecified atom stereocenters. The quantitative estimate of drug-likeness (QED) is 0.584. The molecule has 1 aromatic heterocycles. The lowest BCUT2D eigenvalue weighted by Crippen LogP contribution is -2.11. The van der Waals surface area contributed by atoms with E-state index in [1.165, 1.54) is 0 Å². The minimum atomic E-state index is 0.689. The van der Waals surface area contributed by atoms with Gasteiger partial charge in [0.05, 0.1) is 6.20 Å². The van der Waals surface area contributed by atoms with Gasteiger partial charge in [-0.15, -0.1) is 0 Å². The fraction of sp³-hybridized carbons (Fsp3) is 0.286. The first kappa shape index (κ1) is 5.53. The van der Waals surface area contributed by atoms with Crippen molar-refractivity contribution in [3.63, 3.8) is 0 Å². The molecular weight excluding hydrogens is 128 g/mol. The summed E-state index contributed by atoms with van der Waals surface area (Å²) in [6.45, 7) is 0.987. The van der Waals surface area contributed by atoms with Crippen LogP contribution in [-0.4, -0.2) is 11.5 Å². The SMILES string of the molecule is C1=CN(c2ncco2)CC1. The van der Waals surface area contributed by atoms with Crippen LogP contribution in [-0.2, 0) is 0 Å². The van der Waals surface area contributed by atoms with Gasteiger partial charge in [-0.25, -0.2) is 4.98 Å². The average Bonchev–Trinajstić information content (AvgIpc) is 2.59. The van der Waals surface area contributed by atoms with Crippen LogP contribution in [0.2, 0.25) is 0 Å². The Morgan fingerprint density at radius 3 is 3.20 bits per heavy atom. The summed E-state index contributed by atoms with van der Waals surface area (Å²) >= 11 is 0. The number of oxazole rings is 1. The summed E-state index contributed by atoms with van der Waals surface area (Å²) in [5.74, 6) is 0. The second-order valence-corrected chi connectivity index (χ2v) is 2.18. The maximum atomic E-state index is 5.08. The van der Waals surface area contributed by atoms with Crippen LogP contribution in [0.15, 0.2) is 29.2 Å². The molecule has 0 fully saturated rings. The molecule has 0 saturated carbocycles. The van der Waals surface area contributed by atoms with Gasteiger partial charge in [-0.1, -0.05) is 6.08 Å². The van der Waals surface area contributed by atoms with E-state index in [0.29, 0.717) is 6.01 Å². The van der Waals surface area contributed by atoms with E-state index in [1.54, 1.807) is 12.5 Å². The Morgan fingerprint density at radius 2 is 2.60 bits per heavy atom. The van der Waals surface area contributed by atoms with Gasteiger partial charge in [-0.3, -0.25) is 0 Å². The highest BCUT2D eigenvalue weighted by Gasteiger charge is 2.09. The van der Waals surface area contributed by atoms with Crippen LogP contribution < -0.4 is 4.90 Å². The summed E-state index contributed by atoms with van der Waals surface area (Å²) in [4.78, 5) is 5.99. The number of rotatable bonds is 1. The monoisotopic (exact) mass is 136 g/mol. The second-order valence-electron chi connectivity index (χ2n) is 2.18. The number of nitrogens with zero attached hydrogens (tertiary/aromatic N) is 2. The molecule has 10 heavy (non-hydrogen) atoms. The molecule has 3 heteroatoms. The van der Waals surface area contributed by atoms with Crippen molar-refractivity contribution in [3.05, 3.63) is 24.7 Å². The Morgan fingerprint density at radius 1 is 1.60 bits per heavy atom. The first-order valence-electron chi connectivity index (χ1n) is 3.29. The predicted octanol–water partition coefficient (Wildman–Crippen LogP) is 1.40. The van der Waals surface area contributed by atoms with E-state index in [0.717, 1.165) is 13.0 Å². The molecule has 1 aliphatic heterocycles. The van der Waals surface area contributed by atoms with E-state index < -0.39 is 0 Å². The van der Waals surface area contributed by atoms with Gasteiger partial charge in [-0.05, 0) is 6.42 Å². The minimum absolute atomic E-state index is 0.689. The van der Waals surface area contributed by atoms with E-state index in [9.17, 15) is 0 Å². The molecule has 0 N–H and O–H groups in total. The molecule has 2 heterocycles. The molecule has 0 bridgehead atoms. The van der Waals surface area contributed by atoms with Crippen molar-refractivity contribution in [2.75, 3.05) is 11.4 Å². The van der Waals surface area contributed by atoms with Crippen molar-refractivity contribution in [2.45, 2.75) is 6.42 Å². The van der Waals surface area contributed by atoms with Crippen molar-refractivity contribution in [2.24, 2.45) is 0 Å². The highest BCUT2D eigenvalue weighted by molar-refractivity contribution is 5.33. The molecule has 0 aliphatic carbocycles. The van der Waals surface area contributed by atoms with E-state index in [4.69, 9.17) is 4.42 Å². The van der Waals surface area contributed by atoms with Crippen molar-refractivity contribution in [1.82, 2.24) is 4.98 Å². The third-order valence-electron chi connectivity index (χ3n) is 1.49. The van der Waals surface area contributed by atoms with Gasteiger partial charge < -0.3 is 9.32 Å². The molecular formula is C7H8N2O. The van der Waals surface area contributed by atoms with Crippen molar-refractivity contribution in [1.29, 1.82) is 0 Å². The number of hydrogen-bond acceptors (Lipinski definition) is 3. The molecule has 1 aromatic rings. The van der Waals surface area contributed by atoms with Crippen molar-refractivity contribution in [3.8, 4) is 0 Å². The molecule has 2 rings (SSSR count). The van der Waals surface area contributed by atoms with Gasteiger partial charge in [0.1, 0.15) is 6.26 Å². The lowest BCUT2D eigenvalue weighted by atomic mass is 10.5. The fourth-order valence-electron chi connectivity index (χ4n) is 1.01. The van der Waals surface area contributed by atoms with Gasteiger partial charge in [0.2, 0.25) is 0 Å². The first-order chi connectivity index (χ1) is 4.97. The predicted molar refractivity (Wildman–Crippen MR) is 37.6 cm³/mol. The van der Waals surface area contributed by atoms with Gasteiger partial charge in [0, 0.05) is 12.7 Å². The zero-order valence-electron chi connectivity index (χ0n) is 5.53. The molecule has 0 aromatic carbocycles. The molecule has 3 nitrogen and oxygen atoms in total. The van der Waals surface area contributed by atoms with E-state index >= 15 is 0 Å².